The van der Waals surface area contributed by atoms with Gasteiger partial charge < -0.3 is 14.7 Å². The number of halogens is 1. The van der Waals surface area contributed by atoms with Gasteiger partial charge in [0.2, 0.25) is 0 Å². The average Bonchev–Trinajstić information content (AvgIpc) is 2.79. The number of amides is 1. The van der Waals surface area contributed by atoms with Crippen LogP contribution in [0.15, 0.2) is 18.2 Å². The van der Waals surface area contributed by atoms with E-state index in [4.69, 9.17) is 4.74 Å². The van der Waals surface area contributed by atoms with E-state index in [-0.39, 0.29) is 30.2 Å². The third-order valence-electron chi connectivity index (χ3n) is 3.73. The standard InChI is InChI=1S/C14H18FNO3/c1-9-5-6-16(12(9)8-17)14(18)10-3-4-11(15)13(7-10)19-2/h3-4,7,9,12,17H,5-6,8H2,1-2H3. The van der Waals surface area contributed by atoms with Crippen molar-refractivity contribution < 1.29 is 19.0 Å². The van der Waals surface area contributed by atoms with Gasteiger partial charge in [-0.25, -0.2) is 4.39 Å². The molecule has 104 valence electrons. The van der Waals surface area contributed by atoms with Gasteiger partial charge in [-0.3, -0.25) is 4.79 Å². The molecule has 1 aromatic rings. The van der Waals surface area contributed by atoms with E-state index in [0.717, 1.165) is 6.42 Å². The summed E-state index contributed by atoms with van der Waals surface area (Å²) in [6, 6.07) is 3.90. The molecule has 2 unspecified atom stereocenters. The lowest BCUT2D eigenvalue weighted by molar-refractivity contribution is 0.0648. The maximum atomic E-state index is 13.3. The molecule has 1 fully saturated rings. The van der Waals surface area contributed by atoms with E-state index in [1.54, 1.807) is 4.90 Å². The Morgan fingerprint density at radius 1 is 1.58 bits per heavy atom. The summed E-state index contributed by atoms with van der Waals surface area (Å²) in [7, 11) is 1.36. The van der Waals surface area contributed by atoms with Crippen LogP contribution in [0.4, 0.5) is 4.39 Å². The summed E-state index contributed by atoms with van der Waals surface area (Å²) in [5.74, 6) is -0.357. The molecule has 0 spiro atoms. The number of nitrogens with zero attached hydrogens (tertiary/aromatic N) is 1. The van der Waals surface area contributed by atoms with Crippen LogP contribution in [0.3, 0.4) is 0 Å². The lowest BCUT2D eigenvalue weighted by atomic mass is 10.0. The Kier molecular flexibility index (Phi) is 4.04. The topological polar surface area (TPSA) is 49.8 Å². The van der Waals surface area contributed by atoms with Gasteiger partial charge in [-0.1, -0.05) is 6.92 Å². The van der Waals surface area contributed by atoms with E-state index < -0.39 is 5.82 Å². The molecule has 0 aliphatic carbocycles. The van der Waals surface area contributed by atoms with Crippen LogP contribution in [0.5, 0.6) is 5.75 Å². The summed E-state index contributed by atoms with van der Waals surface area (Å²) in [6.07, 6.45) is 0.870. The lowest BCUT2D eigenvalue weighted by Crippen LogP contribution is -2.39. The van der Waals surface area contributed by atoms with Gasteiger partial charge in [0.05, 0.1) is 19.8 Å². The molecule has 1 aliphatic rings. The molecule has 1 aromatic carbocycles. The number of aliphatic hydroxyl groups excluding tert-OH is 1. The Balaban J connectivity index is 2.24. The van der Waals surface area contributed by atoms with E-state index in [9.17, 15) is 14.3 Å². The van der Waals surface area contributed by atoms with Crippen molar-refractivity contribution in [3.63, 3.8) is 0 Å². The van der Waals surface area contributed by atoms with Gasteiger partial charge in [0.15, 0.2) is 11.6 Å². The number of hydrogen-bond acceptors (Lipinski definition) is 3. The van der Waals surface area contributed by atoms with Crippen LogP contribution in [-0.4, -0.2) is 42.2 Å². The molecule has 1 heterocycles. The fourth-order valence-electron chi connectivity index (χ4n) is 2.50. The zero-order valence-electron chi connectivity index (χ0n) is 11.1. The lowest BCUT2D eigenvalue weighted by Gasteiger charge is -2.25. The number of aliphatic hydroxyl groups is 1. The molecule has 0 radical (unpaired) electrons. The molecular weight excluding hydrogens is 249 g/mol. The molecule has 2 rings (SSSR count). The zero-order valence-corrected chi connectivity index (χ0v) is 11.1. The number of benzene rings is 1. The molecule has 19 heavy (non-hydrogen) atoms. The van der Waals surface area contributed by atoms with Crippen LogP contribution in [-0.2, 0) is 0 Å². The fraction of sp³-hybridized carbons (Fsp3) is 0.500. The second kappa shape index (κ2) is 5.57. The monoisotopic (exact) mass is 267 g/mol. The normalized spacial score (nSPS) is 22.6. The SMILES string of the molecule is COc1cc(C(=O)N2CCC(C)C2CO)ccc1F. The molecule has 5 heteroatoms. The second-order valence-corrected chi connectivity index (χ2v) is 4.86. The number of rotatable bonds is 3. The maximum absolute atomic E-state index is 13.3. The van der Waals surface area contributed by atoms with Crippen molar-refractivity contribution in [1.82, 2.24) is 4.90 Å². The Labute approximate surface area is 111 Å². The van der Waals surface area contributed by atoms with Crippen molar-refractivity contribution in [3.05, 3.63) is 29.6 Å². The van der Waals surface area contributed by atoms with Gasteiger partial charge in [-0.15, -0.1) is 0 Å². The summed E-state index contributed by atoms with van der Waals surface area (Å²) < 4.78 is 18.2. The highest BCUT2D eigenvalue weighted by atomic mass is 19.1. The number of carbonyl (C=O) groups is 1. The van der Waals surface area contributed by atoms with E-state index in [0.29, 0.717) is 12.1 Å². The number of ether oxygens (including phenoxy) is 1. The van der Waals surface area contributed by atoms with Crippen molar-refractivity contribution >= 4 is 5.91 Å². The van der Waals surface area contributed by atoms with Gasteiger partial charge >= 0.3 is 0 Å². The third-order valence-corrected chi connectivity index (χ3v) is 3.73. The number of hydrogen-bond donors (Lipinski definition) is 1. The first-order valence-electron chi connectivity index (χ1n) is 6.33. The summed E-state index contributed by atoms with van der Waals surface area (Å²) in [4.78, 5) is 14.0. The maximum Gasteiger partial charge on any atom is 0.254 e. The highest BCUT2D eigenvalue weighted by Crippen LogP contribution is 2.27. The van der Waals surface area contributed by atoms with Crippen molar-refractivity contribution in [2.24, 2.45) is 5.92 Å². The van der Waals surface area contributed by atoms with Crippen molar-refractivity contribution in [2.75, 3.05) is 20.3 Å². The van der Waals surface area contributed by atoms with Gasteiger partial charge in [-0.2, -0.15) is 0 Å². The first-order chi connectivity index (χ1) is 9.08. The van der Waals surface area contributed by atoms with Gasteiger partial charge in [0.25, 0.3) is 5.91 Å². The van der Waals surface area contributed by atoms with Crippen LogP contribution in [0, 0.1) is 11.7 Å². The van der Waals surface area contributed by atoms with Crippen molar-refractivity contribution in [1.29, 1.82) is 0 Å². The summed E-state index contributed by atoms with van der Waals surface area (Å²) in [6.45, 7) is 2.58. The highest BCUT2D eigenvalue weighted by Gasteiger charge is 2.34. The van der Waals surface area contributed by atoms with Crippen molar-refractivity contribution in [3.8, 4) is 5.75 Å². The first kappa shape index (κ1) is 13.8. The summed E-state index contributed by atoms with van der Waals surface area (Å²) >= 11 is 0. The molecule has 0 bridgehead atoms. The third kappa shape index (κ3) is 2.56. The predicted molar refractivity (Wildman–Crippen MR) is 68.6 cm³/mol. The minimum Gasteiger partial charge on any atom is -0.494 e. The van der Waals surface area contributed by atoms with E-state index in [1.165, 1.54) is 25.3 Å². The van der Waals surface area contributed by atoms with Gasteiger partial charge in [-0.05, 0) is 30.5 Å². The number of likely N-dealkylation sites (tertiary alicyclic amines) is 1. The quantitative estimate of drug-likeness (QED) is 0.906. The van der Waals surface area contributed by atoms with E-state index >= 15 is 0 Å². The molecule has 0 aromatic heterocycles. The molecule has 1 aliphatic heterocycles. The first-order valence-corrected chi connectivity index (χ1v) is 6.33. The van der Waals surface area contributed by atoms with Crippen LogP contribution in [0.2, 0.25) is 0 Å². The number of carbonyl (C=O) groups excluding carboxylic acids is 1. The largest absolute Gasteiger partial charge is 0.494 e. The molecule has 2 atom stereocenters. The Morgan fingerprint density at radius 2 is 2.32 bits per heavy atom. The molecule has 1 amide bonds. The molecule has 1 N–H and O–H groups in total. The zero-order chi connectivity index (χ0) is 14.0. The summed E-state index contributed by atoms with van der Waals surface area (Å²) in [5.41, 5.74) is 0.380. The molecular formula is C14H18FNO3. The van der Waals surface area contributed by atoms with Crippen LogP contribution in [0.1, 0.15) is 23.7 Å². The Bertz CT molecular complexity index is 478. The Hall–Kier alpha value is -1.62. The molecule has 0 saturated carbocycles. The van der Waals surface area contributed by atoms with Gasteiger partial charge in [0, 0.05) is 12.1 Å². The predicted octanol–water partition coefficient (Wildman–Crippen LogP) is 1.68. The van der Waals surface area contributed by atoms with E-state index in [1.807, 2.05) is 6.92 Å². The number of methoxy groups -OCH3 is 1. The fourth-order valence-corrected chi connectivity index (χ4v) is 2.50. The van der Waals surface area contributed by atoms with Crippen LogP contribution < -0.4 is 4.74 Å². The van der Waals surface area contributed by atoms with E-state index in [2.05, 4.69) is 0 Å². The summed E-state index contributed by atoms with van der Waals surface area (Å²) in [5, 5.41) is 9.37. The molecule has 1 saturated heterocycles. The highest BCUT2D eigenvalue weighted by molar-refractivity contribution is 5.95. The van der Waals surface area contributed by atoms with Crippen LogP contribution in [0.25, 0.3) is 0 Å². The average molecular weight is 267 g/mol. The van der Waals surface area contributed by atoms with Gasteiger partial charge in [0.1, 0.15) is 0 Å². The van der Waals surface area contributed by atoms with Crippen molar-refractivity contribution in [2.45, 2.75) is 19.4 Å². The minimum absolute atomic E-state index is 0.0504. The Morgan fingerprint density at radius 3 is 2.95 bits per heavy atom. The smallest absolute Gasteiger partial charge is 0.254 e. The second-order valence-electron chi connectivity index (χ2n) is 4.86. The molecule has 4 nitrogen and oxygen atoms in total. The van der Waals surface area contributed by atoms with Crippen LogP contribution >= 0.6 is 0 Å². The minimum atomic E-state index is -0.493.